The predicted octanol–water partition coefficient (Wildman–Crippen LogP) is 9.85. The zero-order valence-electron chi connectivity index (χ0n) is 18.4. The standard InChI is InChI=1S/C25H52/c1-4-6-8-10-11-12-13-14-15-16-17-18-20-22-24-25(3)23-21-19-9-7-5-2/h25H,4-24H2,1-3H3. The van der Waals surface area contributed by atoms with Crippen LogP contribution in [0.4, 0.5) is 0 Å². The first kappa shape index (κ1) is 25.0. The summed E-state index contributed by atoms with van der Waals surface area (Å²) in [5, 5.41) is 0. The molecule has 0 radical (unpaired) electrons. The van der Waals surface area contributed by atoms with E-state index in [-0.39, 0.29) is 0 Å². The molecule has 0 rings (SSSR count). The van der Waals surface area contributed by atoms with E-state index in [1.165, 1.54) is 135 Å². The van der Waals surface area contributed by atoms with E-state index >= 15 is 0 Å². The topological polar surface area (TPSA) is 0 Å². The molecule has 0 aliphatic carbocycles. The maximum absolute atomic E-state index is 2.47. The van der Waals surface area contributed by atoms with Crippen LogP contribution in [0.3, 0.4) is 0 Å². The summed E-state index contributed by atoms with van der Waals surface area (Å²) in [6.45, 7) is 7.08. The summed E-state index contributed by atoms with van der Waals surface area (Å²) < 4.78 is 0. The first-order valence-corrected chi connectivity index (χ1v) is 12.3. The Morgan fingerprint density at radius 3 is 0.880 bits per heavy atom. The minimum Gasteiger partial charge on any atom is -0.0654 e. The SMILES string of the molecule is CCCCCCCCCCCCCCCCC(C)CCCCCCC. The maximum Gasteiger partial charge on any atom is -0.0443 e. The molecular formula is C25H52. The van der Waals surface area contributed by atoms with Crippen molar-refractivity contribution in [2.24, 2.45) is 5.92 Å². The van der Waals surface area contributed by atoms with Crippen LogP contribution in [0, 0.1) is 5.92 Å². The largest absolute Gasteiger partial charge is 0.0654 e. The fourth-order valence-corrected chi connectivity index (χ4v) is 3.93. The van der Waals surface area contributed by atoms with Gasteiger partial charge in [-0.15, -0.1) is 0 Å². The Hall–Kier alpha value is 0. The van der Waals surface area contributed by atoms with Crippen molar-refractivity contribution < 1.29 is 0 Å². The van der Waals surface area contributed by atoms with Crippen molar-refractivity contribution in [3.05, 3.63) is 0 Å². The first-order chi connectivity index (χ1) is 12.3. The molecule has 0 nitrogen and oxygen atoms in total. The third kappa shape index (κ3) is 22.0. The molecule has 0 saturated heterocycles. The number of hydrogen-bond donors (Lipinski definition) is 0. The molecule has 0 heterocycles. The van der Waals surface area contributed by atoms with Crippen molar-refractivity contribution in [2.45, 2.75) is 156 Å². The molecule has 1 unspecified atom stereocenters. The average molecular weight is 353 g/mol. The first-order valence-electron chi connectivity index (χ1n) is 12.3. The smallest absolute Gasteiger partial charge is 0.0443 e. The molecule has 0 bridgehead atoms. The highest BCUT2D eigenvalue weighted by atomic mass is 14.1. The third-order valence-electron chi connectivity index (χ3n) is 5.85. The average Bonchev–Trinajstić information content (AvgIpc) is 2.62. The van der Waals surface area contributed by atoms with Gasteiger partial charge in [0.2, 0.25) is 0 Å². The molecule has 1 atom stereocenters. The van der Waals surface area contributed by atoms with Crippen LogP contribution in [0.2, 0.25) is 0 Å². The van der Waals surface area contributed by atoms with Gasteiger partial charge in [0.25, 0.3) is 0 Å². The molecule has 25 heavy (non-hydrogen) atoms. The van der Waals surface area contributed by atoms with Crippen LogP contribution in [0.15, 0.2) is 0 Å². The van der Waals surface area contributed by atoms with Crippen LogP contribution in [-0.2, 0) is 0 Å². The Kier molecular flexibility index (Phi) is 22.0. The van der Waals surface area contributed by atoms with Gasteiger partial charge in [0.1, 0.15) is 0 Å². The fourth-order valence-electron chi connectivity index (χ4n) is 3.93. The molecular weight excluding hydrogens is 300 g/mol. The lowest BCUT2D eigenvalue weighted by Gasteiger charge is -2.11. The van der Waals surface area contributed by atoms with Gasteiger partial charge >= 0.3 is 0 Å². The second-order valence-electron chi connectivity index (χ2n) is 8.69. The lowest BCUT2D eigenvalue weighted by molar-refractivity contribution is 0.431. The Labute approximate surface area is 161 Å². The van der Waals surface area contributed by atoms with E-state index < -0.39 is 0 Å². The lowest BCUT2D eigenvalue weighted by atomic mass is 9.96. The van der Waals surface area contributed by atoms with Gasteiger partial charge in [-0.1, -0.05) is 156 Å². The van der Waals surface area contributed by atoms with Crippen LogP contribution in [0.5, 0.6) is 0 Å². The van der Waals surface area contributed by atoms with Crippen LogP contribution in [-0.4, -0.2) is 0 Å². The van der Waals surface area contributed by atoms with Crippen molar-refractivity contribution in [1.29, 1.82) is 0 Å². The summed E-state index contributed by atoms with van der Waals surface area (Å²) in [4.78, 5) is 0. The molecule has 0 aliphatic heterocycles. The Morgan fingerprint density at radius 1 is 0.360 bits per heavy atom. The quantitative estimate of drug-likeness (QED) is 0.180. The van der Waals surface area contributed by atoms with Crippen LogP contribution in [0.25, 0.3) is 0 Å². The lowest BCUT2D eigenvalue weighted by Crippen LogP contribution is -1.95. The molecule has 0 aromatic carbocycles. The zero-order valence-corrected chi connectivity index (χ0v) is 18.4. The van der Waals surface area contributed by atoms with Crippen LogP contribution in [0.1, 0.15) is 156 Å². The van der Waals surface area contributed by atoms with E-state index in [9.17, 15) is 0 Å². The Morgan fingerprint density at radius 2 is 0.600 bits per heavy atom. The number of unbranched alkanes of at least 4 members (excludes halogenated alkanes) is 17. The van der Waals surface area contributed by atoms with Crippen LogP contribution < -0.4 is 0 Å². The molecule has 0 aliphatic rings. The summed E-state index contributed by atoms with van der Waals surface area (Å²) in [5.74, 6) is 0.971. The van der Waals surface area contributed by atoms with E-state index in [1.54, 1.807) is 0 Å². The van der Waals surface area contributed by atoms with Crippen molar-refractivity contribution in [2.75, 3.05) is 0 Å². The molecule has 0 aromatic rings. The number of hydrogen-bond acceptors (Lipinski definition) is 0. The summed E-state index contributed by atoms with van der Waals surface area (Å²) in [5.41, 5.74) is 0. The van der Waals surface area contributed by atoms with Crippen molar-refractivity contribution >= 4 is 0 Å². The predicted molar refractivity (Wildman–Crippen MR) is 117 cm³/mol. The van der Waals surface area contributed by atoms with Gasteiger partial charge in [-0.05, 0) is 5.92 Å². The van der Waals surface area contributed by atoms with Gasteiger partial charge in [0.15, 0.2) is 0 Å². The molecule has 0 heteroatoms. The molecule has 0 spiro atoms. The van der Waals surface area contributed by atoms with Gasteiger partial charge in [-0.3, -0.25) is 0 Å². The highest BCUT2D eigenvalue weighted by molar-refractivity contribution is 4.56. The highest BCUT2D eigenvalue weighted by Crippen LogP contribution is 2.18. The number of rotatable bonds is 21. The van der Waals surface area contributed by atoms with Crippen molar-refractivity contribution in [3.63, 3.8) is 0 Å². The molecule has 0 aromatic heterocycles. The monoisotopic (exact) mass is 352 g/mol. The Bertz CT molecular complexity index is 220. The molecule has 0 amide bonds. The minimum atomic E-state index is 0.971. The summed E-state index contributed by atoms with van der Waals surface area (Å²) in [6, 6.07) is 0. The van der Waals surface area contributed by atoms with Gasteiger partial charge in [0.05, 0.1) is 0 Å². The zero-order chi connectivity index (χ0) is 18.4. The van der Waals surface area contributed by atoms with Gasteiger partial charge in [-0.25, -0.2) is 0 Å². The van der Waals surface area contributed by atoms with Crippen molar-refractivity contribution in [1.82, 2.24) is 0 Å². The molecule has 152 valence electrons. The van der Waals surface area contributed by atoms with E-state index in [0.717, 1.165) is 5.92 Å². The van der Waals surface area contributed by atoms with Gasteiger partial charge < -0.3 is 0 Å². The third-order valence-corrected chi connectivity index (χ3v) is 5.85. The molecule has 0 N–H and O–H groups in total. The molecule has 0 saturated carbocycles. The van der Waals surface area contributed by atoms with Crippen molar-refractivity contribution in [3.8, 4) is 0 Å². The second-order valence-corrected chi connectivity index (χ2v) is 8.69. The maximum atomic E-state index is 2.47. The highest BCUT2D eigenvalue weighted by Gasteiger charge is 2.02. The molecule has 0 fully saturated rings. The summed E-state index contributed by atoms with van der Waals surface area (Å²) in [6.07, 6.45) is 30.8. The Balaban J connectivity index is 3.08. The minimum absolute atomic E-state index is 0.971. The van der Waals surface area contributed by atoms with E-state index in [2.05, 4.69) is 20.8 Å². The fraction of sp³-hybridized carbons (Fsp3) is 1.00. The van der Waals surface area contributed by atoms with E-state index in [1.807, 2.05) is 0 Å². The van der Waals surface area contributed by atoms with Crippen LogP contribution >= 0.6 is 0 Å². The summed E-state index contributed by atoms with van der Waals surface area (Å²) in [7, 11) is 0. The van der Waals surface area contributed by atoms with E-state index in [0.29, 0.717) is 0 Å². The summed E-state index contributed by atoms with van der Waals surface area (Å²) >= 11 is 0. The van der Waals surface area contributed by atoms with Gasteiger partial charge in [-0.2, -0.15) is 0 Å². The normalized spacial score (nSPS) is 12.6. The van der Waals surface area contributed by atoms with Gasteiger partial charge in [0, 0.05) is 0 Å². The van der Waals surface area contributed by atoms with E-state index in [4.69, 9.17) is 0 Å². The second kappa shape index (κ2) is 22.0.